The summed E-state index contributed by atoms with van der Waals surface area (Å²) in [5, 5.41) is 7.16. The minimum atomic E-state index is 0.394. The molecule has 2 fully saturated rings. The van der Waals surface area contributed by atoms with Crippen LogP contribution in [0.2, 0.25) is 0 Å². The van der Waals surface area contributed by atoms with Gasteiger partial charge < -0.3 is 9.57 Å². The zero-order valence-electron chi connectivity index (χ0n) is 19.6. The smallest absolute Gasteiger partial charge is 0.142 e. The minimum absolute atomic E-state index is 0.394. The summed E-state index contributed by atoms with van der Waals surface area (Å²) in [6.07, 6.45) is 7.84. The number of piperidine rings is 1. The predicted molar refractivity (Wildman–Crippen MR) is 135 cm³/mol. The number of hydrogen-bond acceptors (Lipinski definition) is 4. The van der Waals surface area contributed by atoms with Crippen molar-refractivity contribution in [3.05, 3.63) is 77.9 Å². The van der Waals surface area contributed by atoms with E-state index < -0.39 is 0 Å². The average Bonchev–Trinajstić information content (AvgIpc) is 3.42. The second kappa shape index (κ2) is 10.4. The number of nitrogens with zero attached hydrogens (tertiary/aromatic N) is 2. The van der Waals surface area contributed by atoms with E-state index in [0.717, 1.165) is 36.0 Å². The summed E-state index contributed by atoms with van der Waals surface area (Å²) in [5.74, 6) is 1.28. The molecule has 0 amide bonds. The first-order valence-electron chi connectivity index (χ1n) is 12.4. The summed E-state index contributed by atoms with van der Waals surface area (Å²) in [7, 11) is 1.71. The largest absolute Gasteiger partial charge is 0.497 e. The summed E-state index contributed by atoms with van der Waals surface area (Å²) < 4.78 is 5.40. The molecule has 0 radical (unpaired) electrons. The third-order valence-electron chi connectivity index (χ3n) is 7.26. The third-order valence-corrected chi connectivity index (χ3v) is 7.26. The molecule has 4 nitrogen and oxygen atoms in total. The zero-order chi connectivity index (χ0) is 22.5. The van der Waals surface area contributed by atoms with Crippen LogP contribution in [0.25, 0.3) is 10.8 Å². The van der Waals surface area contributed by atoms with Crippen molar-refractivity contribution in [2.75, 3.05) is 20.2 Å². The Labute approximate surface area is 197 Å². The van der Waals surface area contributed by atoms with E-state index in [2.05, 4.69) is 47.4 Å². The molecule has 3 aromatic carbocycles. The van der Waals surface area contributed by atoms with E-state index in [1.54, 1.807) is 7.11 Å². The quantitative estimate of drug-likeness (QED) is 0.313. The van der Waals surface area contributed by atoms with Crippen molar-refractivity contribution in [1.29, 1.82) is 0 Å². The van der Waals surface area contributed by atoms with Crippen LogP contribution in [-0.2, 0) is 11.4 Å². The Bertz CT molecular complexity index is 1090. The number of oxime groups is 1. The third kappa shape index (κ3) is 5.22. The molecule has 3 aromatic rings. The number of benzene rings is 3. The van der Waals surface area contributed by atoms with Gasteiger partial charge in [-0.05, 0) is 66.8 Å². The monoisotopic (exact) mass is 442 g/mol. The van der Waals surface area contributed by atoms with Crippen molar-refractivity contribution >= 4 is 16.5 Å². The Kier molecular flexibility index (Phi) is 6.92. The fourth-order valence-corrected chi connectivity index (χ4v) is 5.45. The maximum absolute atomic E-state index is 5.95. The molecule has 172 valence electrons. The van der Waals surface area contributed by atoms with Gasteiger partial charge in [-0.15, -0.1) is 0 Å². The molecule has 1 aliphatic heterocycles. The second-order valence-electron chi connectivity index (χ2n) is 9.44. The standard InChI is InChI=1S/C29H34N2O2/c1-32-28-16-15-23-18-25(14-13-24(23)19-28)29(30-33-21-22-8-3-2-4-9-22)26-10-7-17-31(20-26)27-11-5-6-12-27/h2-4,8-9,13-16,18-19,26-27H,5-7,10-12,17,20-21H2,1H3/b30-29-. The van der Waals surface area contributed by atoms with E-state index in [9.17, 15) is 0 Å². The first-order valence-corrected chi connectivity index (χ1v) is 12.4. The first-order chi connectivity index (χ1) is 16.3. The normalized spacial score (nSPS) is 20.3. The molecule has 0 N–H and O–H groups in total. The Morgan fingerprint density at radius 1 is 0.909 bits per heavy atom. The minimum Gasteiger partial charge on any atom is -0.497 e. The van der Waals surface area contributed by atoms with Gasteiger partial charge in [0.05, 0.1) is 12.8 Å². The summed E-state index contributed by atoms with van der Waals surface area (Å²) in [5.41, 5.74) is 3.40. The average molecular weight is 443 g/mol. The predicted octanol–water partition coefficient (Wildman–Crippen LogP) is 6.42. The van der Waals surface area contributed by atoms with Crippen molar-refractivity contribution in [1.82, 2.24) is 4.90 Å². The maximum atomic E-state index is 5.95. The highest BCUT2D eigenvalue weighted by molar-refractivity contribution is 6.05. The highest BCUT2D eigenvalue weighted by Gasteiger charge is 2.31. The number of rotatable bonds is 7. The van der Waals surface area contributed by atoms with Gasteiger partial charge >= 0.3 is 0 Å². The van der Waals surface area contributed by atoms with E-state index in [0.29, 0.717) is 12.5 Å². The first kappa shape index (κ1) is 22.0. The van der Waals surface area contributed by atoms with Gasteiger partial charge in [-0.3, -0.25) is 4.90 Å². The van der Waals surface area contributed by atoms with Crippen LogP contribution in [-0.4, -0.2) is 36.9 Å². The van der Waals surface area contributed by atoms with E-state index in [-0.39, 0.29) is 0 Å². The van der Waals surface area contributed by atoms with Crippen molar-refractivity contribution in [3.8, 4) is 5.75 Å². The van der Waals surface area contributed by atoms with Crippen molar-refractivity contribution in [2.24, 2.45) is 11.1 Å². The molecule has 33 heavy (non-hydrogen) atoms. The zero-order valence-corrected chi connectivity index (χ0v) is 19.6. The summed E-state index contributed by atoms with van der Waals surface area (Å²) >= 11 is 0. The van der Waals surface area contributed by atoms with Gasteiger partial charge in [-0.25, -0.2) is 0 Å². The van der Waals surface area contributed by atoms with Gasteiger partial charge in [0.25, 0.3) is 0 Å². The van der Waals surface area contributed by atoms with Crippen LogP contribution in [0.1, 0.15) is 49.7 Å². The van der Waals surface area contributed by atoms with E-state index >= 15 is 0 Å². The maximum Gasteiger partial charge on any atom is 0.142 e. The van der Waals surface area contributed by atoms with Gasteiger partial charge in [0.2, 0.25) is 0 Å². The topological polar surface area (TPSA) is 34.1 Å². The number of fused-ring (bicyclic) bond motifs is 1. The molecule has 0 aromatic heterocycles. The lowest BCUT2D eigenvalue weighted by atomic mass is 9.87. The molecule has 4 heteroatoms. The van der Waals surface area contributed by atoms with Gasteiger partial charge in [0, 0.05) is 24.1 Å². The Morgan fingerprint density at radius 3 is 2.52 bits per heavy atom. The highest BCUT2D eigenvalue weighted by atomic mass is 16.6. The molecular formula is C29H34N2O2. The van der Waals surface area contributed by atoms with Crippen LogP contribution in [0.5, 0.6) is 5.75 Å². The van der Waals surface area contributed by atoms with Crippen molar-refractivity contribution < 1.29 is 9.57 Å². The number of hydrogen-bond donors (Lipinski definition) is 0. The molecule has 1 heterocycles. The van der Waals surface area contributed by atoms with Crippen LogP contribution in [0.4, 0.5) is 0 Å². The van der Waals surface area contributed by atoms with Gasteiger partial charge in [-0.1, -0.05) is 66.5 Å². The molecule has 5 rings (SSSR count). The molecular weight excluding hydrogens is 408 g/mol. The van der Waals surface area contributed by atoms with Crippen molar-refractivity contribution in [2.45, 2.75) is 51.2 Å². The van der Waals surface area contributed by atoms with Crippen LogP contribution in [0.15, 0.2) is 71.9 Å². The lowest BCUT2D eigenvalue weighted by molar-refractivity contribution is 0.121. The van der Waals surface area contributed by atoms with Crippen molar-refractivity contribution in [3.63, 3.8) is 0 Å². The molecule has 1 aliphatic carbocycles. The molecule has 2 aliphatic rings. The molecule has 1 unspecified atom stereocenters. The molecule has 1 saturated carbocycles. The number of likely N-dealkylation sites (tertiary alicyclic amines) is 1. The van der Waals surface area contributed by atoms with Gasteiger partial charge in [0.1, 0.15) is 12.4 Å². The van der Waals surface area contributed by atoms with E-state index in [1.165, 1.54) is 55.0 Å². The molecule has 0 spiro atoms. The lowest BCUT2D eigenvalue weighted by Gasteiger charge is -2.37. The number of methoxy groups -OCH3 is 1. The van der Waals surface area contributed by atoms with Gasteiger partial charge in [0.15, 0.2) is 0 Å². The van der Waals surface area contributed by atoms with E-state index in [1.807, 2.05) is 24.3 Å². The van der Waals surface area contributed by atoms with Crippen LogP contribution >= 0.6 is 0 Å². The Morgan fingerprint density at radius 2 is 1.70 bits per heavy atom. The SMILES string of the molecule is COc1ccc2cc(/C(=N/OCc3ccccc3)C3CCCN(C4CCCC4)C3)ccc2c1. The van der Waals surface area contributed by atoms with Gasteiger partial charge in [-0.2, -0.15) is 0 Å². The fraction of sp³-hybridized carbons (Fsp3) is 0.414. The Balaban J connectivity index is 1.42. The van der Waals surface area contributed by atoms with E-state index in [4.69, 9.17) is 14.7 Å². The fourth-order valence-electron chi connectivity index (χ4n) is 5.45. The number of ether oxygens (including phenoxy) is 1. The molecule has 1 saturated heterocycles. The second-order valence-corrected chi connectivity index (χ2v) is 9.44. The summed E-state index contributed by atoms with van der Waals surface area (Å²) in [4.78, 5) is 8.67. The van der Waals surface area contributed by atoms with Crippen LogP contribution in [0, 0.1) is 5.92 Å². The molecule has 1 atom stereocenters. The highest BCUT2D eigenvalue weighted by Crippen LogP contribution is 2.31. The van der Waals surface area contributed by atoms with Crippen LogP contribution in [0.3, 0.4) is 0 Å². The summed E-state index contributed by atoms with van der Waals surface area (Å²) in [6, 6.07) is 23.9. The summed E-state index contributed by atoms with van der Waals surface area (Å²) in [6.45, 7) is 2.80. The lowest BCUT2D eigenvalue weighted by Crippen LogP contribution is -2.43. The van der Waals surface area contributed by atoms with Crippen LogP contribution < -0.4 is 4.74 Å². The molecule has 0 bridgehead atoms. The Hall–Kier alpha value is -2.85.